The predicted octanol–water partition coefficient (Wildman–Crippen LogP) is 5.31. The van der Waals surface area contributed by atoms with Gasteiger partial charge in [-0.25, -0.2) is 8.42 Å². The van der Waals surface area contributed by atoms with E-state index in [0.29, 0.717) is 29.7 Å². The summed E-state index contributed by atoms with van der Waals surface area (Å²) in [7, 11) is -2.62. The largest absolute Gasteiger partial charge is 0.497 e. The van der Waals surface area contributed by atoms with Crippen LogP contribution in [-0.2, 0) is 21.0 Å². The van der Waals surface area contributed by atoms with Crippen molar-refractivity contribution in [1.82, 2.24) is 0 Å². The third-order valence-electron chi connectivity index (χ3n) is 4.88. The number of methoxy groups -OCH3 is 1. The average molecular weight is 509 g/mol. The lowest BCUT2D eigenvalue weighted by Gasteiger charge is -2.17. The van der Waals surface area contributed by atoms with Crippen molar-refractivity contribution in [3.63, 3.8) is 0 Å². The molecule has 0 aromatic heterocycles. The molecule has 1 amide bonds. The Kier molecular flexibility index (Phi) is 7.90. The van der Waals surface area contributed by atoms with Gasteiger partial charge in [-0.2, -0.15) is 13.2 Å². The van der Waals surface area contributed by atoms with Gasteiger partial charge in [-0.3, -0.25) is 9.52 Å². The highest BCUT2D eigenvalue weighted by Gasteiger charge is 2.30. The molecule has 0 fully saturated rings. The summed E-state index contributed by atoms with van der Waals surface area (Å²) in [5.74, 6) is 0.698. The maximum atomic E-state index is 12.9. The lowest BCUT2D eigenvalue weighted by atomic mass is 10.2. The molecule has 0 aliphatic heterocycles. The number of carbonyl (C=O) groups excluding carboxylic acids is 1. The molecule has 3 aromatic carbocycles. The maximum absolute atomic E-state index is 12.9. The fourth-order valence-corrected chi connectivity index (χ4v) is 4.10. The first-order valence-electron chi connectivity index (χ1n) is 10.4. The molecule has 0 spiro atoms. The molecule has 1 atom stereocenters. The number of hydrogen-bond acceptors (Lipinski definition) is 5. The van der Waals surface area contributed by atoms with Crippen molar-refractivity contribution in [2.75, 3.05) is 17.1 Å². The smallest absolute Gasteiger partial charge is 0.416 e. The molecule has 0 heterocycles. The Hall–Kier alpha value is -3.73. The van der Waals surface area contributed by atoms with Crippen LogP contribution in [0.1, 0.15) is 18.9 Å². The Morgan fingerprint density at radius 2 is 1.57 bits per heavy atom. The zero-order valence-electron chi connectivity index (χ0n) is 18.8. The van der Waals surface area contributed by atoms with Gasteiger partial charge in [0.25, 0.3) is 15.9 Å². The van der Waals surface area contributed by atoms with Crippen molar-refractivity contribution in [3.05, 3.63) is 78.4 Å². The minimum atomic E-state index is -4.60. The number of carbonyl (C=O) groups is 1. The third kappa shape index (κ3) is 6.89. The quantitative estimate of drug-likeness (QED) is 0.409. The van der Waals surface area contributed by atoms with Crippen LogP contribution in [0.4, 0.5) is 24.5 Å². The van der Waals surface area contributed by atoms with Crippen LogP contribution in [0.5, 0.6) is 11.5 Å². The summed E-state index contributed by atoms with van der Waals surface area (Å²) in [6.07, 6.45) is -5.02. The second-order valence-electron chi connectivity index (χ2n) is 7.39. The van der Waals surface area contributed by atoms with Crippen LogP contribution in [0.15, 0.2) is 77.7 Å². The summed E-state index contributed by atoms with van der Waals surface area (Å²) in [4.78, 5) is 12.4. The van der Waals surface area contributed by atoms with Crippen molar-refractivity contribution in [1.29, 1.82) is 0 Å². The number of anilines is 2. The highest BCUT2D eigenvalue weighted by molar-refractivity contribution is 7.92. The van der Waals surface area contributed by atoms with Gasteiger partial charge in [0.2, 0.25) is 0 Å². The molecule has 2 N–H and O–H groups in total. The fourth-order valence-electron chi connectivity index (χ4n) is 3.05. The Morgan fingerprint density at radius 3 is 2.14 bits per heavy atom. The van der Waals surface area contributed by atoms with E-state index in [9.17, 15) is 26.4 Å². The highest BCUT2D eigenvalue weighted by atomic mass is 32.2. The summed E-state index contributed by atoms with van der Waals surface area (Å²) < 4.78 is 76.8. The zero-order chi connectivity index (χ0) is 25.6. The van der Waals surface area contributed by atoms with Gasteiger partial charge in [0.15, 0.2) is 6.10 Å². The SMILES string of the molecule is CC[C@@H](Oc1ccc(OC)cc1)C(=O)Nc1ccc(S(=O)(=O)Nc2cccc(C(F)(F)F)c2)cc1. The Morgan fingerprint density at radius 1 is 0.943 bits per heavy atom. The van der Waals surface area contributed by atoms with Crippen molar-refractivity contribution in [2.24, 2.45) is 0 Å². The number of nitrogens with one attached hydrogen (secondary N) is 2. The summed E-state index contributed by atoms with van der Waals surface area (Å²) >= 11 is 0. The van der Waals surface area contributed by atoms with E-state index >= 15 is 0 Å². The van der Waals surface area contributed by atoms with E-state index in [1.54, 1.807) is 31.2 Å². The fraction of sp³-hybridized carbons (Fsp3) is 0.208. The number of ether oxygens (including phenoxy) is 2. The van der Waals surface area contributed by atoms with Gasteiger partial charge in [-0.15, -0.1) is 0 Å². The Labute approximate surface area is 200 Å². The number of amides is 1. The first-order chi connectivity index (χ1) is 16.5. The number of sulfonamides is 1. The average Bonchev–Trinajstić information content (AvgIpc) is 2.82. The molecule has 0 radical (unpaired) electrons. The van der Waals surface area contributed by atoms with Crippen LogP contribution in [0.3, 0.4) is 0 Å². The molecule has 3 rings (SSSR count). The van der Waals surface area contributed by atoms with E-state index < -0.39 is 33.8 Å². The second-order valence-corrected chi connectivity index (χ2v) is 9.07. The predicted molar refractivity (Wildman–Crippen MR) is 125 cm³/mol. The van der Waals surface area contributed by atoms with Crippen LogP contribution < -0.4 is 19.5 Å². The van der Waals surface area contributed by atoms with E-state index in [2.05, 4.69) is 10.0 Å². The van der Waals surface area contributed by atoms with Gasteiger partial charge in [0.05, 0.1) is 17.6 Å². The highest BCUT2D eigenvalue weighted by Crippen LogP contribution is 2.31. The van der Waals surface area contributed by atoms with E-state index in [-0.39, 0.29) is 10.6 Å². The normalized spacial score (nSPS) is 12.5. The second kappa shape index (κ2) is 10.7. The Balaban J connectivity index is 1.66. The molecule has 0 saturated carbocycles. The van der Waals surface area contributed by atoms with Gasteiger partial charge in [-0.05, 0) is 73.2 Å². The van der Waals surface area contributed by atoms with Gasteiger partial charge in [0, 0.05) is 11.4 Å². The van der Waals surface area contributed by atoms with Crippen LogP contribution in [0.25, 0.3) is 0 Å². The number of halogens is 3. The maximum Gasteiger partial charge on any atom is 0.416 e. The van der Waals surface area contributed by atoms with Gasteiger partial charge >= 0.3 is 6.18 Å². The summed E-state index contributed by atoms with van der Waals surface area (Å²) in [5.41, 5.74) is -0.874. The minimum absolute atomic E-state index is 0.186. The zero-order valence-corrected chi connectivity index (χ0v) is 19.6. The van der Waals surface area contributed by atoms with Crippen molar-refractivity contribution >= 4 is 27.3 Å². The van der Waals surface area contributed by atoms with Crippen LogP contribution in [-0.4, -0.2) is 27.5 Å². The summed E-state index contributed by atoms with van der Waals surface area (Å²) in [5, 5.41) is 2.66. The van der Waals surface area contributed by atoms with E-state index in [4.69, 9.17) is 9.47 Å². The number of alkyl halides is 3. The molecule has 0 unspecified atom stereocenters. The van der Waals surface area contributed by atoms with Crippen molar-refractivity contribution < 1.29 is 35.9 Å². The number of benzene rings is 3. The molecule has 0 aliphatic rings. The molecule has 0 aliphatic carbocycles. The standard InChI is InChI=1S/C24H23F3N2O5S/c1-3-22(34-20-11-9-19(33-2)10-12-20)23(30)28-17-7-13-21(14-8-17)35(31,32)29-18-6-4-5-16(15-18)24(25,26)27/h4-15,22,29H,3H2,1-2H3,(H,28,30)/t22-/m1/s1. The van der Waals surface area contributed by atoms with Gasteiger partial charge < -0.3 is 14.8 Å². The monoisotopic (exact) mass is 508 g/mol. The molecule has 3 aromatic rings. The lowest BCUT2D eigenvalue weighted by molar-refractivity contribution is -0.137. The lowest BCUT2D eigenvalue weighted by Crippen LogP contribution is -2.32. The van der Waals surface area contributed by atoms with Gasteiger partial charge in [-0.1, -0.05) is 13.0 Å². The minimum Gasteiger partial charge on any atom is -0.497 e. The van der Waals surface area contributed by atoms with Gasteiger partial charge in [0.1, 0.15) is 11.5 Å². The van der Waals surface area contributed by atoms with E-state index in [1.807, 2.05) is 0 Å². The topological polar surface area (TPSA) is 93.7 Å². The molecule has 7 nitrogen and oxygen atoms in total. The van der Waals surface area contributed by atoms with Crippen LogP contribution in [0.2, 0.25) is 0 Å². The molecule has 11 heteroatoms. The molecule has 0 saturated heterocycles. The van der Waals surface area contributed by atoms with E-state index in [1.165, 1.54) is 37.4 Å². The molecular weight excluding hydrogens is 485 g/mol. The molecule has 35 heavy (non-hydrogen) atoms. The Bertz CT molecular complexity index is 1260. The van der Waals surface area contributed by atoms with Crippen LogP contribution >= 0.6 is 0 Å². The molecular formula is C24H23F3N2O5S. The number of rotatable bonds is 9. The summed E-state index contributed by atoms with van der Waals surface area (Å²) in [6, 6.07) is 15.8. The number of hydrogen-bond donors (Lipinski definition) is 2. The summed E-state index contributed by atoms with van der Waals surface area (Å²) in [6.45, 7) is 1.78. The van der Waals surface area contributed by atoms with E-state index in [0.717, 1.165) is 12.1 Å². The molecule has 0 bridgehead atoms. The first kappa shape index (κ1) is 25.9. The molecule has 186 valence electrons. The third-order valence-corrected chi connectivity index (χ3v) is 6.27. The first-order valence-corrected chi connectivity index (χ1v) is 11.9. The van der Waals surface area contributed by atoms with Crippen molar-refractivity contribution in [2.45, 2.75) is 30.5 Å². The van der Waals surface area contributed by atoms with Crippen LogP contribution in [0, 0.1) is 0 Å². The van der Waals surface area contributed by atoms with Crippen molar-refractivity contribution in [3.8, 4) is 11.5 Å².